The molecule has 0 unspecified atom stereocenters. The summed E-state index contributed by atoms with van der Waals surface area (Å²) in [5, 5.41) is 3.66. The number of anilines is 1. The molecule has 1 aromatic carbocycles. The van der Waals surface area contributed by atoms with Gasteiger partial charge in [0.25, 0.3) is 0 Å². The molecular formula is C14H20ClNO. The maximum absolute atomic E-state index is 11.2. The second-order valence-corrected chi connectivity index (χ2v) is 5.36. The van der Waals surface area contributed by atoms with Crippen LogP contribution >= 0.6 is 11.6 Å². The van der Waals surface area contributed by atoms with Crippen molar-refractivity contribution in [1.29, 1.82) is 0 Å². The maximum Gasteiger partial charge on any atom is 0.221 e. The Morgan fingerprint density at radius 3 is 2.06 bits per heavy atom. The van der Waals surface area contributed by atoms with Crippen LogP contribution in [0.15, 0.2) is 12.1 Å². The van der Waals surface area contributed by atoms with Gasteiger partial charge in [-0.05, 0) is 35.1 Å². The molecule has 17 heavy (non-hydrogen) atoms. The SMILES string of the molecule is CC(=O)Nc1cc(C(C)C)c(Cl)cc1C(C)C. The number of carbonyl (C=O) groups excluding carboxylic acids is 1. The summed E-state index contributed by atoms with van der Waals surface area (Å²) < 4.78 is 0. The predicted octanol–water partition coefficient (Wildman–Crippen LogP) is 4.55. The summed E-state index contributed by atoms with van der Waals surface area (Å²) in [6, 6.07) is 3.95. The van der Waals surface area contributed by atoms with Gasteiger partial charge in [-0.2, -0.15) is 0 Å². The lowest BCUT2D eigenvalue weighted by Gasteiger charge is -2.18. The minimum absolute atomic E-state index is 0.0519. The van der Waals surface area contributed by atoms with Gasteiger partial charge >= 0.3 is 0 Å². The van der Waals surface area contributed by atoms with Crippen molar-refractivity contribution in [3.05, 3.63) is 28.3 Å². The molecule has 0 bridgehead atoms. The first kappa shape index (κ1) is 14.0. The summed E-state index contributed by atoms with van der Waals surface area (Å²) in [6.45, 7) is 9.88. The first-order chi connectivity index (χ1) is 7.82. The maximum atomic E-state index is 11.2. The number of nitrogens with one attached hydrogen (secondary N) is 1. The number of hydrogen-bond acceptors (Lipinski definition) is 1. The quantitative estimate of drug-likeness (QED) is 0.842. The summed E-state index contributed by atoms with van der Waals surface area (Å²) in [5.41, 5.74) is 3.02. The van der Waals surface area contributed by atoms with E-state index in [4.69, 9.17) is 11.6 Å². The lowest BCUT2D eigenvalue weighted by atomic mass is 9.95. The van der Waals surface area contributed by atoms with Crippen molar-refractivity contribution in [3.63, 3.8) is 0 Å². The average molecular weight is 254 g/mol. The second kappa shape index (κ2) is 5.54. The molecule has 0 heterocycles. The van der Waals surface area contributed by atoms with E-state index in [-0.39, 0.29) is 5.91 Å². The van der Waals surface area contributed by atoms with E-state index in [1.165, 1.54) is 6.92 Å². The number of hydrogen-bond donors (Lipinski definition) is 1. The predicted molar refractivity (Wildman–Crippen MR) is 73.9 cm³/mol. The van der Waals surface area contributed by atoms with Crippen molar-refractivity contribution in [2.75, 3.05) is 5.32 Å². The van der Waals surface area contributed by atoms with Gasteiger partial charge in [-0.1, -0.05) is 39.3 Å². The van der Waals surface area contributed by atoms with Crippen LogP contribution in [0.4, 0.5) is 5.69 Å². The molecule has 1 N–H and O–H groups in total. The highest BCUT2D eigenvalue weighted by Gasteiger charge is 2.14. The lowest BCUT2D eigenvalue weighted by Crippen LogP contribution is -2.10. The summed E-state index contributed by atoms with van der Waals surface area (Å²) >= 11 is 6.26. The zero-order valence-corrected chi connectivity index (χ0v) is 11.9. The number of rotatable bonds is 3. The second-order valence-electron chi connectivity index (χ2n) is 4.95. The first-order valence-corrected chi connectivity index (χ1v) is 6.31. The van der Waals surface area contributed by atoms with Gasteiger partial charge in [-0.15, -0.1) is 0 Å². The van der Waals surface area contributed by atoms with E-state index in [0.717, 1.165) is 21.8 Å². The van der Waals surface area contributed by atoms with E-state index in [9.17, 15) is 4.79 Å². The minimum Gasteiger partial charge on any atom is -0.326 e. The largest absolute Gasteiger partial charge is 0.326 e. The van der Waals surface area contributed by atoms with Gasteiger partial charge in [0, 0.05) is 17.6 Å². The molecule has 0 radical (unpaired) electrons. The third-order valence-corrected chi connectivity index (χ3v) is 3.05. The van der Waals surface area contributed by atoms with Crippen LogP contribution in [0.1, 0.15) is 57.6 Å². The van der Waals surface area contributed by atoms with Crippen LogP contribution in [0.2, 0.25) is 5.02 Å². The van der Waals surface area contributed by atoms with Crippen LogP contribution in [-0.4, -0.2) is 5.91 Å². The van der Waals surface area contributed by atoms with Crippen LogP contribution in [0.25, 0.3) is 0 Å². The minimum atomic E-state index is -0.0519. The highest BCUT2D eigenvalue weighted by Crippen LogP contribution is 2.33. The topological polar surface area (TPSA) is 29.1 Å². The summed E-state index contributed by atoms with van der Waals surface area (Å²) in [4.78, 5) is 11.2. The Labute approximate surface area is 108 Å². The van der Waals surface area contributed by atoms with Gasteiger partial charge in [0.2, 0.25) is 5.91 Å². The third kappa shape index (κ3) is 3.47. The Morgan fingerprint density at radius 2 is 1.65 bits per heavy atom. The van der Waals surface area contributed by atoms with Crippen molar-refractivity contribution in [1.82, 2.24) is 0 Å². The average Bonchev–Trinajstić information content (AvgIpc) is 2.18. The zero-order chi connectivity index (χ0) is 13.2. The van der Waals surface area contributed by atoms with Crippen LogP contribution in [-0.2, 0) is 4.79 Å². The van der Waals surface area contributed by atoms with Crippen molar-refractivity contribution < 1.29 is 4.79 Å². The molecule has 0 saturated heterocycles. The van der Waals surface area contributed by atoms with Crippen LogP contribution in [0.5, 0.6) is 0 Å². The van der Waals surface area contributed by atoms with E-state index in [2.05, 4.69) is 33.0 Å². The zero-order valence-electron chi connectivity index (χ0n) is 11.1. The Kier molecular flexibility index (Phi) is 4.58. The fourth-order valence-corrected chi connectivity index (χ4v) is 2.21. The van der Waals surface area contributed by atoms with Gasteiger partial charge in [-0.3, -0.25) is 4.79 Å². The molecule has 2 nitrogen and oxygen atoms in total. The Balaban J connectivity index is 3.31. The molecule has 0 aliphatic rings. The van der Waals surface area contributed by atoms with Crippen LogP contribution < -0.4 is 5.32 Å². The molecule has 0 aliphatic carbocycles. The van der Waals surface area contributed by atoms with E-state index >= 15 is 0 Å². The molecule has 3 heteroatoms. The van der Waals surface area contributed by atoms with Gasteiger partial charge < -0.3 is 5.32 Å². The van der Waals surface area contributed by atoms with E-state index < -0.39 is 0 Å². The molecular weight excluding hydrogens is 234 g/mol. The highest BCUT2D eigenvalue weighted by atomic mass is 35.5. The van der Waals surface area contributed by atoms with Gasteiger partial charge in [0.1, 0.15) is 0 Å². The fourth-order valence-electron chi connectivity index (χ4n) is 1.82. The Hall–Kier alpha value is -1.02. The van der Waals surface area contributed by atoms with Gasteiger partial charge in [-0.25, -0.2) is 0 Å². The molecule has 0 fully saturated rings. The standard InChI is InChI=1S/C14H20ClNO/c1-8(2)11-7-14(16-10(5)17)12(9(3)4)6-13(11)15/h6-9H,1-5H3,(H,16,17). The summed E-state index contributed by atoms with van der Waals surface area (Å²) in [5.74, 6) is 0.621. The van der Waals surface area contributed by atoms with E-state index in [1.807, 2.05) is 12.1 Å². The van der Waals surface area contributed by atoms with Crippen molar-refractivity contribution >= 4 is 23.2 Å². The number of benzene rings is 1. The molecule has 0 aliphatic heterocycles. The third-order valence-electron chi connectivity index (χ3n) is 2.72. The van der Waals surface area contributed by atoms with Crippen LogP contribution in [0.3, 0.4) is 0 Å². The normalized spacial score (nSPS) is 11.1. The van der Waals surface area contributed by atoms with Gasteiger partial charge in [0.15, 0.2) is 0 Å². The van der Waals surface area contributed by atoms with E-state index in [0.29, 0.717) is 11.8 Å². The van der Waals surface area contributed by atoms with Crippen molar-refractivity contribution in [2.45, 2.75) is 46.5 Å². The summed E-state index contributed by atoms with van der Waals surface area (Å²) in [6.07, 6.45) is 0. The lowest BCUT2D eigenvalue weighted by molar-refractivity contribution is -0.114. The molecule has 0 aromatic heterocycles. The van der Waals surface area contributed by atoms with Crippen LogP contribution in [0, 0.1) is 0 Å². The Morgan fingerprint density at radius 1 is 1.12 bits per heavy atom. The molecule has 0 spiro atoms. The smallest absolute Gasteiger partial charge is 0.221 e. The fraction of sp³-hybridized carbons (Fsp3) is 0.500. The highest BCUT2D eigenvalue weighted by molar-refractivity contribution is 6.31. The molecule has 1 rings (SSSR count). The van der Waals surface area contributed by atoms with Crippen molar-refractivity contribution in [3.8, 4) is 0 Å². The number of halogens is 1. The molecule has 94 valence electrons. The molecule has 0 saturated carbocycles. The first-order valence-electron chi connectivity index (χ1n) is 5.93. The monoisotopic (exact) mass is 253 g/mol. The number of carbonyl (C=O) groups is 1. The molecule has 1 aromatic rings. The van der Waals surface area contributed by atoms with E-state index in [1.54, 1.807) is 0 Å². The van der Waals surface area contributed by atoms with Gasteiger partial charge in [0.05, 0.1) is 0 Å². The van der Waals surface area contributed by atoms with Crippen molar-refractivity contribution in [2.24, 2.45) is 0 Å². The summed E-state index contributed by atoms with van der Waals surface area (Å²) in [7, 11) is 0. The number of amides is 1. The molecule has 0 atom stereocenters. The molecule has 1 amide bonds. The Bertz CT molecular complexity index is 424.